The number of carbonyl (C=O) groups excluding carboxylic acids is 1. The van der Waals surface area contributed by atoms with Gasteiger partial charge < -0.3 is 10.7 Å². The second-order valence-corrected chi connectivity index (χ2v) is 5.45. The summed E-state index contributed by atoms with van der Waals surface area (Å²) in [5, 5.41) is 1.04. The van der Waals surface area contributed by atoms with E-state index in [1.165, 1.54) is 6.07 Å². The Kier molecular flexibility index (Phi) is 3.06. The third-order valence-electron chi connectivity index (χ3n) is 3.98. The van der Waals surface area contributed by atoms with Gasteiger partial charge >= 0.3 is 0 Å². The summed E-state index contributed by atoms with van der Waals surface area (Å²) in [7, 11) is 0. The number of aromatic nitrogens is 2. The highest BCUT2D eigenvalue weighted by atomic mass is 19.1. The molecular formula is C18H11F2N3O. The van der Waals surface area contributed by atoms with Crippen molar-refractivity contribution in [2.45, 2.75) is 0 Å². The molecule has 0 bridgehead atoms. The summed E-state index contributed by atoms with van der Waals surface area (Å²) in [6.45, 7) is 0. The number of nitrogens with one attached hydrogen (secondary N) is 1. The first kappa shape index (κ1) is 14.3. The zero-order valence-corrected chi connectivity index (χ0v) is 12.3. The monoisotopic (exact) mass is 323 g/mol. The number of H-pyrrole nitrogens is 1. The van der Waals surface area contributed by atoms with Crippen molar-refractivity contribution in [3.8, 4) is 11.3 Å². The number of fused-ring (bicyclic) bond motifs is 2. The Balaban J connectivity index is 1.96. The summed E-state index contributed by atoms with van der Waals surface area (Å²) in [6, 6.07) is 10.6. The third kappa shape index (κ3) is 2.11. The first-order valence-electron chi connectivity index (χ1n) is 7.20. The molecule has 2 heterocycles. The predicted molar refractivity (Wildman–Crippen MR) is 87.5 cm³/mol. The van der Waals surface area contributed by atoms with Gasteiger partial charge in [-0.25, -0.2) is 13.8 Å². The van der Waals surface area contributed by atoms with E-state index in [0.29, 0.717) is 33.1 Å². The van der Waals surface area contributed by atoms with Gasteiger partial charge in [0.1, 0.15) is 11.6 Å². The van der Waals surface area contributed by atoms with E-state index >= 15 is 0 Å². The SMILES string of the molecule is NC(=O)c1cccc2nc(-c3c[nH]c4c(F)cc(F)cc34)ccc12. The van der Waals surface area contributed by atoms with Crippen molar-refractivity contribution in [3.63, 3.8) is 0 Å². The summed E-state index contributed by atoms with van der Waals surface area (Å²) in [4.78, 5) is 18.8. The van der Waals surface area contributed by atoms with E-state index in [-0.39, 0.29) is 5.52 Å². The van der Waals surface area contributed by atoms with Crippen LogP contribution in [0.3, 0.4) is 0 Å². The number of nitrogens with two attached hydrogens (primary N) is 1. The van der Waals surface area contributed by atoms with Crippen LogP contribution in [0.1, 0.15) is 10.4 Å². The fourth-order valence-electron chi connectivity index (χ4n) is 2.89. The largest absolute Gasteiger partial charge is 0.366 e. The minimum atomic E-state index is -0.659. The van der Waals surface area contributed by atoms with E-state index in [1.807, 2.05) is 0 Å². The highest BCUT2D eigenvalue weighted by Gasteiger charge is 2.14. The smallest absolute Gasteiger partial charge is 0.249 e. The zero-order chi connectivity index (χ0) is 16.8. The molecule has 0 spiro atoms. The number of hydrogen-bond acceptors (Lipinski definition) is 2. The maximum atomic E-state index is 13.8. The number of primary amides is 1. The molecule has 118 valence electrons. The van der Waals surface area contributed by atoms with Crippen molar-refractivity contribution in [1.82, 2.24) is 9.97 Å². The number of amides is 1. The van der Waals surface area contributed by atoms with Crippen LogP contribution in [-0.2, 0) is 0 Å². The van der Waals surface area contributed by atoms with Crippen molar-refractivity contribution in [2.75, 3.05) is 0 Å². The van der Waals surface area contributed by atoms with E-state index in [9.17, 15) is 13.6 Å². The molecule has 0 unspecified atom stereocenters. The van der Waals surface area contributed by atoms with Crippen LogP contribution in [0.25, 0.3) is 33.1 Å². The second kappa shape index (κ2) is 5.13. The van der Waals surface area contributed by atoms with Crippen molar-refractivity contribution < 1.29 is 13.6 Å². The molecule has 6 heteroatoms. The molecule has 4 aromatic rings. The number of benzene rings is 2. The molecule has 0 radical (unpaired) electrons. The lowest BCUT2D eigenvalue weighted by molar-refractivity contribution is 0.100. The van der Waals surface area contributed by atoms with E-state index in [1.54, 1.807) is 36.5 Å². The van der Waals surface area contributed by atoms with Crippen LogP contribution in [0.4, 0.5) is 8.78 Å². The molecule has 2 aromatic heterocycles. The van der Waals surface area contributed by atoms with Gasteiger partial charge in [-0.3, -0.25) is 4.79 Å². The maximum absolute atomic E-state index is 13.8. The topological polar surface area (TPSA) is 71.8 Å². The van der Waals surface area contributed by atoms with Gasteiger partial charge in [0, 0.05) is 34.2 Å². The highest BCUT2D eigenvalue weighted by molar-refractivity contribution is 6.06. The van der Waals surface area contributed by atoms with Gasteiger partial charge in [-0.2, -0.15) is 0 Å². The summed E-state index contributed by atoms with van der Waals surface area (Å²) in [5.74, 6) is -1.85. The molecule has 3 N–H and O–H groups in total. The standard InChI is InChI=1S/C18H11F2N3O/c19-9-6-12-13(8-22-17(12)14(20)7-9)16-5-4-10-11(18(21)24)2-1-3-15(10)23-16/h1-8,22H,(H2,21,24). The highest BCUT2D eigenvalue weighted by Crippen LogP contribution is 2.31. The van der Waals surface area contributed by atoms with Crippen LogP contribution in [0.5, 0.6) is 0 Å². The van der Waals surface area contributed by atoms with Gasteiger partial charge in [0.15, 0.2) is 0 Å². The average molecular weight is 323 g/mol. The van der Waals surface area contributed by atoms with Crippen LogP contribution in [0.15, 0.2) is 48.7 Å². The number of carbonyl (C=O) groups is 1. The number of aromatic amines is 1. The Morgan fingerprint density at radius 3 is 2.71 bits per heavy atom. The zero-order valence-electron chi connectivity index (χ0n) is 12.3. The van der Waals surface area contributed by atoms with Crippen molar-refractivity contribution in [1.29, 1.82) is 0 Å². The molecule has 0 fully saturated rings. The lowest BCUT2D eigenvalue weighted by atomic mass is 10.0. The van der Waals surface area contributed by atoms with Gasteiger partial charge in [0.25, 0.3) is 0 Å². The first-order valence-corrected chi connectivity index (χ1v) is 7.20. The number of halogens is 2. The molecule has 4 rings (SSSR count). The van der Waals surface area contributed by atoms with Gasteiger partial charge in [-0.05, 0) is 30.3 Å². The molecule has 0 saturated heterocycles. The van der Waals surface area contributed by atoms with Crippen LogP contribution < -0.4 is 5.73 Å². The Morgan fingerprint density at radius 2 is 1.92 bits per heavy atom. The van der Waals surface area contributed by atoms with Gasteiger partial charge in [-0.1, -0.05) is 6.07 Å². The van der Waals surface area contributed by atoms with Crippen LogP contribution >= 0.6 is 0 Å². The molecular weight excluding hydrogens is 312 g/mol. The van der Waals surface area contributed by atoms with E-state index in [2.05, 4.69) is 9.97 Å². The van der Waals surface area contributed by atoms with Crippen LogP contribution in [0.2, 0.25) is 0 Å². The first-order chi connectivity index (χ1) is 11.5. The van der Waals surface area contributed by atoms with Gasteiger partial charge in [0.05, 0.1) is 16.7 Å². The molecule has 2 aromatic carbocycles. The average Bonchev–Trinajstić information content (AvgIpc) is 2.97. The van der Waals surface area contributed by atoms with E-state index in [0.717, 1.165) is 6.07 Å². The number of pyridine rings is 1. The van der Waals surface area contributed by atoms with Gasteiger partial charge in [0.2, 0.25) is 5.91 Å². The number of rotatable bonds is 2. The Morgan fingerprint density at radius 1 is 1.08 bits per heavy atom. The summed E-state index contributed by atoms with van der Waals surface area (Å²) < 4.78 is 27.4. The summed E-state index contributed by atoms with van der Waals surface area (Å²) in [5.41, 5.74) is 7.66. The van der Waals surface area contributed by atoms with Crippen molar-refractivity contribution in [3.05, 3.63) is 65.9 Å². The lowest BCUT2D eigenvalue weighted by Gasteiger charge is -2.05. The molecule has 0 saturated carbocycles. The fourth-order valence-corrected chi connectivity index (χ4v) is 2.89. The number of hydrogen-bond donors (Lipinski definition) is 2. The van der Waals surface area contributed by atoms with E-state index in [4.69, 9.17) is 5.73 Å². The normalized spacial score (nSPS) is 11.2. The number of nitrogens with zero attached hydrogens (tertiary/aromatic N) is 1. The Hall–Kier alpha value is -3.28. The Bertz CT molecular complexity index is 1120. The molecule has 0 atom stereocenters. The van der Waals surface area contributed by atoms with Crippen molar-refractivity contribution in [2.24, 2.45) is 5.73 Å². The molecule has 0 aliphatic heterocycles. The Labute approximate surface area is 134 Å². The predicted octanol–water partition coefficient (Wildman–Crippen LogP) is 3.76. The minimum Gasteiger partial charge on any atom is -0.366 e. The van der Waals surface area contributed by atoms with Crippen molar-refractivity contribution >= 4 is 27.7 Å². The quantitative estimate of drug-likeness (QED) is 0.589. The minimum absolute atomic E-state index is 0.221. The maximum Gasteiger partial charge on any atom is 0.249 e. The van der Waals surface area contributed by atoms with Crippen LogP contribution in [0, 0.1) is 11.6 Å². The lowest BCUT2D eigenvalue weighted by Crippen LogP contribution is -2.11. The summed E-state index contributed by atoms with van der Waals surface area (Å²) >= 11 is 0. The molecule has 0 aliphatic rings. The fraction of sp³-hybridized carbons (Fsp3) is 0. The third-order valence-corrected chi connectivity index (χ3v) is 3.98. The van der Waals surface area contributed by atoms with E-state index < -0.39 is 17.5 Å². The molecule has 4 nitrogen and oxygen atoms in total. The van der Waals surface area contributed by atoms with Crippen LogP contribution in [-0.4, -0.2) is 15.9 Å². The summed E-state index contributed by atoms with van der Waals surface area (Å²) in [6.07, 6.45) is 1.58. The molecule has 0 aliphatic carbocycles. The van der Waals surface area contributed by atoms with Gasteiger partial charge in [-0.15, -0.1) is 0 Å². The second-order valence-electron chi connectivity index (χ2n) is 5.45. The molecule has 1 amide bonds. The molecule has 24 heavy (non-hydrogen) atoms.